The van der Waals surface area contributed by atoms with Gasteiger partial charge < -0.3 is 18.9 Å². The molecule has 0 bridgehead atoms. The smallest absolute Gasteiger partial charge is 0.338 e. The average molecular weight is 484 g/mol. The molecule has 0 fully saturated rings. The van der Waals surface area contributed by atoms with Crippen molar-refractivity contribution in [2.75, 3.05) is 28.4 Å². The highest BCUT2D eigenvalue weighted by atomic mass is 16.5. The Morgan fingerprint density at radius 1 is 0.389 bits per heavy atom. The summed E-state index contributed by atoms with van der Waals surface area (Å²) in [6, 6.07) is 13.4. The largest absolute Gasteiger partial charge is 0.465 e. The lowest BCUT2D eigenvalue weighted by Gasteiger charge is -2.19. The predicted octanol–water partition coefficient (Wildman–Crippen LogP) is 4.88. The first-order valence-electron chi connectivity index (χ1n) is 10.9. The first kappa shape index (κ1) is 23.0. The second-order valence-corrected chi connectivity index (χ2v) is 8.11. The molecule has 36 heavy (non-hydrogen) atoms. The van der Waals surface area contributed by atoms with Crippen LogP contribution in [-0.4, -0.2) is 52.3 Å². The van der Waals surface area contributed by atoms with Crippen molar-refractivity contribution in [1.29, 1.82) is 0 Å². The van der Waals surface area contributed by atoms with Crippen molar-refractivity contribution < 1.29 is 38.1 Å². The van der Waals surface area contributed by atoms with Gasteiger partial charge in [-0.1, -0.05) is 24.3 Å². The second kappa shape index (κ2) is 8.49. The van der Waals surface area contributed by atoms with Crippen LogP contribution in [-0.2, 0) is 18.9 Å². The van der Waals surface area contributed by atoms with Gasteiger partial charge in [0.25, 0.3) is 0 Å². The van der Waals surface area contributed by atoms with Crippen LogP contribution in [0.2, 0.25) is 0 Å². The summed E-state index contributed by atoms with van der Waals surface area (Å²) in [4.78, 5) is 50.7. The SMILES string of the molecule is COC(=O)c1ccc2c3ccc(C(=O)OC)c4c(C(=O)OC)ccc(c5ccc(C(=O)OC)c1c25)c43. The van der Waals surface area contributed by atoms with E-state index < -0.39 is 23.9 Å². The second-order valence-electron chi connectivity index (χ2n) is 8.11. The number of esters is 4. The molecule has 0 heterocycles. The molecule has 0 unspecified atom stereocenters. The van der Waals surface area contributed by atoms with Crippen LogP contribution in [0.25, 0.3) is 43.1 Å². The molecule has 5 aromatic rings. The van der Waals surface area contributed by atoms with E-state index in [-0.39, 0.29) is 22.3 Å². The molecule has 0 atom stereocenters. The van der Waals surface area contributed by atoms with Crippen LogP contribution in [0.15, 0.2) is 48.5 Å². The van der Waals surface area contributed by atoms with Gasteiger partial charge in [0.05, 0.1) is 50.7 Å². The van der Waals surface area contributed by atoms with E-state index in [1.54, 1.807) is 48.5 Å². The third-order valence-electron chi connectivity index (χ3n) is 6.52. The van der Waals surface area contributed by atoms with Gasteiger partial charge >= 0.3 is 23.9 Å². The Hall–Kier alpha value is -4.72. The fraction of sp³-hybridized carbons (Fsp3) is 0.143. The summed E-state index contributed by atoms with van der Waals surface area (Å²) in [5.74, 6) is -2.38. The van der Waals surface area contributed by atoms with Crippen molar-refractivity contribution in [2.45, 2.75) is 0 Å². The first-order chi connectivity index (χ1) is 17.4. The lowest BCUT2D eigenvalue weighted by molar-refractivity contribution is 0.0586. The average Bonchev–Trinajstić information content (AvgIpc) is 2.93. The quantitative estimate of drug-likeness (QED) is 0.154. The van der Waals surface area contributed by atoms with E-state index in [4.69, 9.17) is 18.9 Å². The number of fused-ring (bicyclic) bond motifs is 2. The minimum Gasteiger partial charge on any atom is -0.465 e. The van der Waals surface area contributed by atoms with Crippen molar-refractivity contribution in [3.8, 4) is 0 Å². The number of methoxy groups -OCH3 is 4. The fourth-order valence-corrected chi connectivity index (χ4v) is 5.01. The standard InChI is InChI=1S/C28H20O8/c1-33-25(29)17-9-5-13-15-7-11-19(27(31)35-3)24-20(28(32)36-4)12-8-16(22(15)24)14-6-10-18(26(30)34-2)23(17)21(13)14/h5-12H,1-4H3. The maximum atomic E-state index is 12.7. The number of hydrogen-bond donors (Lipinski definition) is 0. The molecule has 0 aliphatic rings. The fourth-order valence-electron chi connectivity index (χ4n) is 5.01. The molecule has 0 radical (unpaired) electrons. The van der Waals surface area contributed by atoms with E-state index in [0.29, 0.717) is 43.1 Å². The van der Waals surface area contributed by atoms with E-state index in [9.17, 15) is 19.2 Å². The van der Waals surface area contributed by atoms with Gasteiger partial charge in [-0.05, 0) is 56.6 Å². The van der Waals surface area contributed by atoms with Crippen LogP contribution >= 0.6 is 0 Å². The van der Waals surface area contributed by atoms with Crippen LogP contribution < -0.4 is 0 Å². The molecule has 0 spiro atoms. The van der Waals surface area contributed by atoms with Crippen molar-refractivity contribution in [3.05, 3.63) is 70.8 Å². The van der Waals surface area contributed by atoms with E-state index in [0.717, 1.165) is 0 Å². The highest BCUT2D eigenvalue weighted by Crippen LogP contribution is 2.44. The van der Waals surface area contributed by atoms with Gasteiger partial charge in [0.2, 0.25) is 0 Å². The highest BCUT2D eigenvalue weighted by molar-refractivity contribution is 6.38. The van der Waals surface area contributed by atoms with Crippen molar-refractivity contribution in [1.82, 2.24) is 0 Å². The maximum absolute atomic E-state index is 12.7. The number of hydrogen-bond acceptors (Lipinski definition) is 8. The molecule has 8 nitrogen and oxygen atoms in total. The minimum atomic E-state index is -0.595. The highest BCUT2D eigenvalue weighted by Gasteiger charge is 2.26. The van der Waals surface area contributed by atoms with Gasteiger partial charge in [-0.25, -0.2) is 19.2 Å². The Labute approximate surface area is 204 Å². The Balaban J connectivity index is 2.09. The zero-order valence-electron chi connectivity index (χ0n) is 19.9. The number of carbonyl (C=O) groups excluding carboxylic acids is 4. The number of rotatable bonds is 4. The van der Waals surface area contributed by atoms with E-state index >= 15 is 0 Å². The molecule has 0 N–H and O–H groups in total. The molecule has 180 valence electrons. The molecule has 0 aromatic heterocycles. The summed E-state index contributed by atoms with van der Waals surface area (Å²) in [6.45, 7) is 0. The summed E-state index contributed by atoms with van der Waals surface area (Å²) in [7, 11) is 5.09. The normalized spacial score (nSPS) is 11.2. The molecule has 5 rings (SSSR count). The van der Waals surface area contributed by atoms with Gasteiger partial charge in [-0.15, -0.1) is 0 Å². The third kappa shape index (κ3) is 3.07. The van der Waals surface area contributed by atoms with Gasteiger partial charge in [-0.2, -0.15) is 0 Å². The van der Waals surface area contributed by atoms with Gasteiger partial charge in [0.15, 0.2) is 0 Å². The number of ether oxygens (including phenoxy) is 4. The molecular formula is C28H20O8. The lowest BCUT2D eigenvalue weighted by atomic mass is 9.84. The van der Waals surface area contributed by atoms with Gasteiger partial charge in [-0.3, -0.25) is 0 Å². The Morgan fingerprint density at radius 3 is 0.806 bits per heavy atom. The predicted molar refractivity (Wildman–Crippen MR) is 133 cm³/mol. The summed E-state index contributed by atoms with van der Waals surface area (Å²) in [5.41, 5.74) is 0.872. The summed E-state index contributed by atoms with van der Waals surface area (Å²) < 4.78 is 19.9. The molecule has 8 heteroatoms. The Bertz CT molecular complexity index is 1500. The van der Waals surface area contributed by atoms with Gasteiger partial charge in [0, 0.05) is 10.8 Å². The lowest BCUT2D eigenvalue weighted by Crippen LogP contribution is -2.10. The Morgan fingerprint density at radius 2 is 0.611 bits per heavy atom. The first-order valence-corrected chi connectivity index (χ1v) is 10.9. The molecule has 0 saturated carbocycles. The molecular weight excluding hydrogens is 464 g/mol. The van der Waals surface area contributed by atoms with Gasteiger partial charge in [0.1, 0.15) is 0 Å². The molecule has 0 saturated heterocycles. The van der Waals surface area contributed by atoms with Crippen LogP contribution in [0, 0.1) is 0 Å². The maximum Gasteiger partial charge on any atom is 0.338 e. The molecule has 0 amide bonds. The summed E-state index contributed by atoms with van der Waals surface area (Å²) in [6.07, 6.45) is 0. The number of carbonyl (C=O) groups is 4. The molecule has 5 aromatic carbocycles. The monoisotopic (exact) mass is 484 g/mol. The van der Waals surface area contributed by atoms with E-state index in [1.165, 1.54) is 28.4 Å². The molecule has 0 aliphatic carbocycles. The minimum absolute atomic E-state index is 0.218. The topological polar surface area (TPSA) is 105 Å². The van der Waals surface area contributed by atoms with E-state index in [2.05, 4.69) is 0 Å². The molecule has 0 aliphatic heterocycles. The van der Waals surface area contributed by atoms with Crippen molar-refractivity contribution in [2.24, 2.45) is 0 Å². The van der Waals surface area contributed by atoms with Crippen molar-refractivity contribution >= 4 is 67.0 Å². The van der Waals surface area contributed by atoms with Crippen LogP contribution in [0.3, 0.4) is 0 Å². The zero-order valence-corrected chi connectivity index (χ0v) is 19.9. The Kier molecular flexibility index (Phi) is 5.44. The number of benzene rings is 5. The van der Waals surface area contributed by atoms with E-state index in [1.807, 2.05) is 0 Å². The van der Waals surface area contributed by atoms with Crippen LogP contribution in [0.5, 0.6) is 0 Å². The third-order valence-corrected chi connectivity index (χ3v) is 6.52. The summed E-state index contributed by atoms with van der Waals surface area (Å²) >= 11 is 0. The van der Waals surface area contributed by atoms with Crippen LogP contribution in [0.4, 0.5) is 0 Å². The van der Waals surface area contributed by atoms with Crippen LogP contribution in [0.1, 0.15) is 41.4 Å². The summed E-state index contributed by atoms with van der Waals surface area (Å²) in [5, 5.41) is 4.98. The van der Waals surface area contributed by atoms with Crippen molar-refractivity contribution in [3.63, 3.8) is 0 Å². The zero-order chi connectivity index (χ0) is 25.7.